The molecule has 0 aliphatic rings. The van der Waals surface area contributed by atoms with Crippen molar-refractivity contribution >= 4 is 39.6 Å². The van der Waals surface area contributed by atoms with Crippen LogP contribution in [0.15, 0.2) is 60.8 Å². The highest BCUT2D eigenvalue weighted by Crippen LogP contribution is 2.22. The van der Waals surface area contributed by atoms with Gasteiger partial charge in [-0.25, -0.2) is 0 Å². The maximum atomic E-state index is 12.7. The van der Waals surface area contributed by atoms with E-state index in [2.05, 4.69) is 10.3 Å². The molecule has 0 saturated heterocycles. The SMILES string of the molecule is N#CC(C(=O)c1c[nH]c2ccccc12)C(=S)Nc1ccccc1. The average Bonchev–Trinajstić information content (AvgIpc) is 3.00. The first-order chi connectivity index (χ1) is 11.2. The zero-order valence-corrected chi connectivity index (χ0v) is 12.9. The molecule has 1 unspecified atom stereocenters. The van der Waals surface area contributed by atoms with E-state index >= 15 is 0 Å². The fourth-order valence-corrected chi connectivity index (χ4v) is 2.68. The summed E-state index contributed by atoms with van der Waals surface area (Å²) in [6.45, 7) is 0. The minimum absolute atomic E-state index is 0.203. The van der Waals surface area contributed by atoms with Crippen molar-refractivity contribution in [1.29, 1.82) is 5.26 Å². The Morgan fingerprint density at radius 1 is 1.13 bits per heavy atom. The highest BCUT2D eigenvalue weighted by Gasteiger charge is 2.26. The number of hydrogen-bond acceptors (Lipinski definition) is 3. The summed E-state index contributed by atoms with van der Waals surface area (Å²) >= 11 is 5.26. The molecule has 2 aromatic carbocycles. The molecule has 3 aromatic rings. The van der Waals surface area contributed by atoms with Gasteiger partial charge < -0.3 is 10.3 Å². The van der Waals surface area contributed by atoms with Crippen LogP contribution >= 0.6 is 12.2 Å². The Morgan fingerprint density at radius 2 is 1.83 bits per heavy atom. The quantitative estimate of drug-likeness (QED) is 0.565. The molecule has 23 heavy (non-hydrogen) atoms. The number of carbonyl (C=O) groups is 1. The molecule has 0 aliphatic heterocycles. The second-order valence-corrected chi connectivity index (χ2v) is 5.47. The van der Waals surface area contributed by atoms with Crippen molar-refractivity contribution < 1.29 is 4.79 Å². The van der Waals surface area contributed by atoms with E-state index in [1.54, 1.807) is 6.20 Å². The van der Waals surface area contributed by atoms with Gasteiger partial charge in [0.2, 0.25) is 0 Å². The van der Waals surface area contributed by atoms with Crippen LogP contribution in [-0.4, -0.2) is 15.8 Å². The van der Waals surface area contributed by atoms with Crippen LogP contribution in [0.2, 0.25) is 0 Å². The number of carbonyl (C=O) groups excluding carboxylic acids is 1. The normalized spacial score (nSPS) is 11.6. The summed E-state index contributed by atoms with van der Waals surface area (Å²) in [4.78, 5) is 16.0. The summed E-state index contributed by atoms with van der Waals surface area (Å²) in [5, 5.41) is 13.2. The molecule has 0 amide bonds. The van der Waals surface area contributed by atoms with Gasteiger partial charge in [0.1, 0.15) is 4.99 Å². The number of nitriles is 1. The number of aromatic nitrogens is 1. The Kier molecular flexibility index (Phi) is 4.18. The van der Waals surface area contributed by atoms with Gasteiger partial charge in [-0.2, -0.15) is 5.26 Å². The molecule has 0 spiro atoms. The first-order valence-corrected chi connectivity index (χ1v) is 7.47. The van der Waals surface area contributed by atoms with E-state index in [1.807, 2.05) is 60.7 Å². The van der Waals surface area contributed by atoms with Crippen LogP contribution in [-0.2, 0) is 0 Å². The van der Waals surface area contributed by atoms with Crippen molar-refractivity contribution in [3.63, 3.8) is 0 Å². The van der Waals surface area contributed by atoms with Crippen molar-refractivity contribution in [1.82, 2.24) is 4.98 Å². The van der Waals surface area contributed by atoms with Gasteiger partial charge in [0, 0.05) is 28.4 Å². The minimum Gasteiger partial charge on any atom is -0.360 e. The molecular formula is C18H13N3OS. The smallest absolute Gasteiger partial charge is 0.189 e. The number of benzene rings is 2. The maximum absolute atomic E-state index is 12.7. The molecule has 0 aliphatic carbocycles. The molecule has 4 nitrogen and oxygen atoms in total. The number of nitrogens with one attached hydrogen (secondary N) is 2. The van der Waals surface area contributed by atoms with Crippen molar-refractivity contribution in [3.05, 3.63) is 66.4 Å². The van der Waals surface area contributed by atoms with Crippen LogP contribution in [0.4, 0.5) is 5.69 Å². The van der Waals surface area contributed by atoms with Crippen molar-refractivity contribution in [2.45, 2.75) is 0 Å². The third kappa shape index (κ3) is 2.98. The second-order valence-electron chi connectivity index (χ2n) is 5.03. The first-order valence-electron chi connectivity index (χ1n) is 7.06. The lowest BCUT2D eigenvalue weighted by molar-refractivity contribution is 0.0977. The van der Waals surface area contributed by atoms with E-state index in [-0.39, 0.29) is 10.8 Å². The van der Waals surface area contributed by atoms with Gasteiger partial charge in [0.15, 0.2) is 11.7 Å². The molecule has 0 fully saturated rings. The highest BCUT2D eigenvalue weighted by atomic mass is 32.1. The first kappa shape index (κ1) is 14.9. The van der Waals surface area contributed by atoms with Crippen molar-refractivity contribution in [2.75, 3.05) is 5.32 Å². The predicted octanol–water partition coefficient (Wildman–Crippen LogP) is 3.93. The van der Waals surface area contributed by atoms with Gasteiger partial charge >= 0.3 is 0 Å². The van der Waals surface area contributed by atoms with E-state index in [1.165, 1.54) is 0 Å². The van der Waals surface area contributed by atoms with Crippen molar-refractivity contribution in [2.24, 2.45) is 5.92 Å². The Morgan fingerprint density at radius 3 is 2.57 bits per heavy atom. The summed E-state index contributed by atoms with van der Waals surface area (Å²) in [6.07, 6.45) is 1.63. The number of H-pyrrole nitrogens is 1. The topological polar surface area (TPSA) is 68.7 Å². The van der Waals surface area contributed by atoms with Gasteiger partial charge in [0.25, 0.3) is 0 Å². The molecule has 112 valence electrons. The summed E-state index contributed by atoms with van der Waals surface area (Å²) < 4.78 is 0. The third-order valence-electron chi connectivity index (χ3n) is 3.55. The van der Waals surface area contributed by atoms with Crippen LogP contribution in [0.1, 0.15) is 10.4 Å². The number of ketones is 1. The molecule has 1 aromatic heterocycles. The molecule has 0 bridgehead atoms. The number of hydrogen-bond donors (Lipinski definition) is 2. The maximum Gasteiger partial charge on any atom is 0.189 e. The molecule has 5 heteroatoms. The summed E-state index contributed by atoms with van der Waals surface area (Å²) in [6, 6.07) is 18.7. The zero-order chi connectivity index (χ0) is 16.2. The van der Waals surface area contributed by atoms with Gasteiger partial charge in [0.05, 0.1) is 6.07 Å². The van der Waals surface area contributed by atoms with Gasteiger partial charge in [-0.3, -0.25) is 4.79 Å². The molecule has 0 radical (unpaired) electrons. The lowest BCUT2D eigenvalue weighted by Crippen LogP contribution is -2.27. The third-order valence-corrected chi connectivity index (χ3v) is 3.89. The van der Waals surface area contributed by atoms with Crippen LogP contribution in [0.5, 0.6) is 0 Å². The number of aromatic amines is 1. The largest absolute Gasteiger partial charge is 0.360 e. The number of fused-ring (bicyclic) bond motifs is 1. The van der Waals surface area contributed by atoms with Crippen LogP contribution < -0.4 is 5.32 Å². The number of Topliss-reactive ketones (excluding diaryl/α,β-unsaturated/α-hetero) is 1. The molecule has 2 N–H and O–H groups in total. The fraction of sp³-hybridized carbons (Fsp3) is 0.0556. The van der Waals surface area contributed by atoms with Gasteiger partial charge in [-0.05, 0) is 18.2 Å². The van der Waals surface area contributed by atoms with Crippen LogP contribution in [0.25, 0.3) is 10.9 Å². The van der Waals surface area contributed by atoms with E-state index in [0.29, 0.717) is 5.56 Å². The van der Waals surface area contributed by atoms with Gasteiger partial charge in [-0.1, -0.05) is 48.6 Å². The van der Waals surface area contributed by atoms with E-state index in [4.69, 9.17) is 12.2 Å². The van der Waals surface area contributed by atoms with Crippen LogP contribution in [0, 0.1) is 17.2 Å². The van der Waals surface area contributed by atoms with Crippen molar-refractivity contribution in [3.8, 4) is 6.07 Å². The Hall–Kier alpha value is -2.97. The Bertz CT molecular complexity index is 909. The molecule has 1 heterocycles. The van der Waals surface area contributed by atoms with E-state index in [9.17, 15) is 10.1 Å². The number of anilines is 1. The van der Waals surface area contributed by atoms with E-state index < -0.39 is 5.92 Å². The molecule has 3 rings (SSSR count). The lowest BCUT2D eigenvalue weighted by Gasteiger charge is -2.12. The number of rotatable bonds is 4. The highest BCUT2D eigenvalue weighted by molar-refractivity contribution is 7.80. The fourth-order valence-electron chi connectivity index (χ4n) is 2.40. The summed E-state index contributed by atoms with van der Waals surface area (Å²) in [7, 11) is 0. The lowest BCUT2D eigenvalue weighted by atomic mass is 9.98. The van der Waals surface area contributed by atoms with Crippen LogP contribution in [0.3, 0.4) is 0 Å². The second kappa shape index (κ2) is 6.42. The van der Waals surface area contributed by atoms with Gasteiger partial charge in [-0.15, -0.1) is 0 Å². The average molecular weight is 319 g/mol. The monoisotopic (exact) mass is 319 g/mol. The van der Waals surface area contributed by atoms with E-state index in [0.717, 1.165) is 16.6 Å². The molecule has 1 atom stereocenters. The zero-order valence-electron chi connectivity index (χ0n) is 12.1. The Balaban J connectivity index is 1.87. The number of para-hydroxylation sites is 2. The Labute approximate surface area is 138 Å². The molecular weight excluding hydrogens is 306 g/mol. The molecule has 0 saturated carbocycles. The standard InChI is InChI=1S/C18H13N3OS/c19-10-14(18(23)21-12-6-2-1-3-7-12)17(22)15-11-20-16-9-5-4-8-13(15)16/h1-9,11,14,20H,(H,21,23). The predicted molar refractivity (Wildman–Crippen MR) is 94.4 cm³/mol. The summed E-state index contributed by atoms with van der Waals surface area (Å²) in [5.41, 5.74) is 2.09. The number of thiocarbonyl (C=S) groups is 1. The minimum atomic E-state index is -1.02. The number of nitrogens with zero attached hydrogens (tertiary/aromatic N) is 1. The summed E-state index contributed by atoms with van der Waals surface area (Å²) in [5.74, 6) is -1.33.